The standard InChI is InChI=1S/C11H14N4O/c1-7-2-3-9-11(16)13-10(14-15(7)9)8-4-5-12-6-8/h2-3,8,12H,4-6H2,1H3,(H,13,14,16). The van der Waals surface area contributed by atoms with Crippen molar-refractivity contribution >= 4 is 5.52 Å². The average molecular weight is 218 g/mol. The minimum absolute atomic E-state index is 0.0509. The van der Waals surface area contributed by atoms with Crippen molar-refractivity contribution in [2.75, 3.05) is 13.1 Å². The van der Waals surface area contributed by atoms with Crippen LogP contribution in [0.2, 0.25) is 0 Å². The van der Waals surface area contributed by atoms with Gasteiger partial charge in [-0.3, -0.25) is 4.79 Å². The van der Waals surface area contributed by atoms with Gasteiger partial charge in [0.1, 0.15) is 11.3 Å². The summed E-state index contributed by atoms with van der Waals surface area (Å²) in [5, 5.41) is 7.77. The highest BCUT2D eigenvalue weighted by atomic mass is 16.1. The summed E-state index contributed by atoms with van der Waals surface area (Å²) in [6, 6.07) is 3.71. The minimum Gasteiger partial charge on any atom is -0.316 e. The zero-order valence-electron chi connectivity index (χ0n) is 9.16. The number of H-pyrrole nitrogens is 1. The molecule has 2 aromatic rings. The fraction of sp³-hybridized carbons (Fsp3) is 0.455. The van der Waals surface area contributed by atoms with Crippen LogP contribution in [-0.2, 0) is 0 Å². The molecule has 1 aliphatic heterocycles. The number of rotatable bonds is 1. The molecule has 1 saturated heterocycles. The molecule has 0 bridgehead atoms. The summed E-state index contributed by atoms with van der Waals surface area (Å²) in [5.41, 5.74) is 1.56. The summed E-state index contributed by atoms with van der Waals surface area (Å²) in [6.45, 7) is 3.85. The van der Waals surface area contributed by atoms with Crippen LogP contribution in [0, 0.1) is 6.92 Å². The molecule has 0 spiro atoms. The molecule has 3 rings (SSSR count). The van der Waals surface area contributed by atoms with Crippen molar-refractivity contribution < 1.29 is 0 Å². The zero-order chi connectivity index (χ0) is 11.1. The lowest BCUT2D eigenvalue weighted by atomic mass is 10.1. The van der Waals surface area contributed by atoms with E-state index < -0.39 is 0 Å². The molecule has 5 heteroatoms. The van der Waals surface area contributed by atoms with E-state index in [0.29, 0.717) is 11.4 Å². The van der Waals surface area contributed by atoms with Crippen molar-refractivity contribution in [1.82, 2.24) is 19.9 Å². The van der Waals surface area contributed by atoms with Crippen LogP contribution < -0.4 is 10.9 Å². The lowest BCUT2D eigenvalue weighted by molar-refractivity contribution is 0.658. The molecule has 84 valence electrons. The number of nitrogens with zero attached hydrogens (tertiary/aromatic N) is 2. The van der Waals surface area contributed by atoms with Crippen LogP contribution in [0.5, 0.6) is 0 Å². The maximum Gasteiger partial charge on any atom is 0.275 e. The third-order valence-electron chi connectivity index (χ3n) is 3.17. The Bertz CT molecular complexity index is 577. The van der Waals surface area contributed by atoms with Crippen LogP contribution in [-0.4, -0.2) is 27.7 Å². The Morgan fingerprint density at radius 2 is 2.38 bits per heavy atom. The van der Waals surface area contributed by atoms with Gasteiger partial charge in [0.25, 0.3) is 5.56 Å². The van der Waals surface area contributed by atoms with Crippen molar-refractivity contribution in [2.45, 2.75) is 19.3 Å². The molecule has 0 amide bonds. The maximum atomic E-state index is 11.8. The van der Waals surface area contributed by atoms with Gasteiger partial charge in [-0.25, -0.2) is 4.52 Å². The summed E-state index contributed by atoms with van der Waals surface area (Å²) >= 11 is 0. The fourth-order valence-corrected chi connectivity index (χ4v) is 2.22. The van der Waals surface area contributed by atoms with Crippen molar-refractivity contribution in [1.29, 1.82) is 0 Å². The highest BCUT2D eigenvalue weighted by Gasteiger charge is 2.20. The number of hydrogen-bond donors (Lipinski definition) is 2. The first-order valence-electron chi connectivity index (χ1n) is 5.55. The summed E-state index contributed by atoms with van der Waals surface area (Å²) in [4.78, 5) is 14.7. The summed E-state index contributed by atoms with van der Waals surface area (Å²) in [7, 11) is 0. The van der Waals surface area contributed by atoms with E-state index in [2.05, 4.69) is 15.4 Å². The van der Waals surface area contributed by atoms with Crippen LogP contribution >= 0.6 is 0 Å². The van der Waals surface area contributed by atoms with Gasteiger partial charge in [0.2, 0.25) is 0 Å². The first-order chi connectivity index (χ1) is 7.75. The van der Waals surface area contributed by atoms with Crippen molar-refractivity contribution in [3.8, 4) is 0 Å². The van der Waals surface area contributed by atoms with E-state index in [1.807, 2.05) is 13.0 Å². The van der Waals surface area contributed by atoms with Gasteiger partial charge in [-0.2, -0.15) is 5.10 Å². The molecule has 0 aliphatic carbocycles. The van der Waals surface area contributed by atoms with Gasteiger partial charge in [0, 0.05) is 18.2 Å². The molecule has 1 unspecified atom stereocenters. The third-order valence-corrected chi connectivity index (χ3v) is 3.17. The SMILES string of the molecule is Cc1ccc2c(=O)[nH]c(C3CCNC3)nn12. The second-order valence-electron chi connectivity index (χ2n) is 4.30. The van der Waals surface area contributed by atoms with Crippen LogP contribution in [0.1, 0.15) is 23.9 Å². The van der Waals surface area contributed by atoms with Gasteiger partial charge >= 0.3 is 0 Å². The first kappa shape index (κ1) is 9.59. The third kappa shape index (κ3) is 1.36. The smallest absolute Gasteiger partial charge is 0.275 e. The molecule has 1 atom stereocenters. The van der Waals surface area contributed by atoms with E-state index in [4.69, 9.17) is 0 Å². The molecule has 2 aromatic heterocycles. The predicted molar refractivity (Wildman–Crippen MR) is 60.8 cm³/mol. The number of nitrogens with one attached hydrogen (secondary N) is 2. The highest BCUT2D eigenvalue weighted by molar-refractivity contribution is 5.45. The minimum atomic E-state index is -0.0509. The normalized spacial score (nSPS) is 20.7. The molecule has 0 aromatic carbocycles. The topological polar surface area (TPSA) is 62.2 Å². The molecule has 3 heterocycles. The van der Waals surface area contributed by atoms with Crippen molar-refractivity contribution in [3.05, 3.63) is 34.0 Å². The zero-order valence-corrected chi connectivity index (χ0v) is 9.16. The van der Waals surface area contributed by atoms with Crippen molar-refractivity contribution in [3.63, 3.8) is 0 Å². The summed E-state index contributed by atoms with van der Waals surface area (Å²) in [6.07, 6.45) is 1.04. The molecule has 0 saturated carbocycles. The Kier molecular flexibility index (Phi) is 2.07. The molecule has 16 heavy (non-hydrogen) atoms. The number of aryl methyl sites for hydroxylation is 1. The second kappa shape index (κ2) is 3.45. The van der Waals surface area contributed by atoms with Gasteiger partial charge in [0.15, 0.2) is 0 Å². The molecular formula is C11H14N4O. The number of aromatic nitrogens is 3. The number of hydrogen-bond acceptors (Lipinski definition) is 3. The van der Waals surface area contributed by atoms with Crippen LogP contribution in [0.25, 0.3) is 5.52 Å². The maximum absolute atomic E-state index is 11.8. The Morgan fingerprint density at radius 3 is 3.12 bits per heavy atom. The quantitative estimate of drug-likeness (QED) is 0.728. The highest BCUT2D eigenvalue weighted by Crippen LogP contribution is 2.17. The van der Waals surface area contributed by atoms with E-state index in [9.17, 15) is 4.79 Å². The van der Waals surface area contributed by atoms with E-state index in [-0.39, 0.29) is 5.56 Å². The second-order valence-corrected chi connectivity index (χ2v) is 4.30. The van der Waals surface area contributed by atoms with Gasteiger partial charge in [-0.1, -0.05) is 0 Å². The Labute approximate surface area is 92.5 Å². The van der Waals surface area contributed by atoms with E-state index >= 15 is 0 Å². The predicted octanol–water partition coefficient (Wildman–Crippen LogP) is 0.408. The monoisotopic (exact) mass is 218 g/mol. The van der Waals surface area contributed by atoms with Gasteiger partial charge in [-0.05, 0) is 32.0 Å². The Morgan fingerprint density at radius 1 is 1.50 bits per heavy atom. The van der Waals surface area contributed by atoms with E-state index in [1.54, 1.807) is 10.6 Å². The lowest BCUT2D eigenvalue weighted by Gasteiger charge is -2.08. The number of fused-ring (bicyclic) bond motifs is 1. The van der Waals surface area contributed by atoms with Crippen molar-refractivity contribution in [2.24, 2.45) is 0 Å². The van der Waals surface area contributed by atoms with Crippen LogP contribution in [0.4, 0.5) is 0 Å². The Hall–Kier alpha value is -1.62. The first-order valence-corrected chi connectivity index (χ1v) is 5.55. The molecule has 0 radical (unpaired) electrons. The largest absolute Gasteiger partial charge is 0.316 e. The molecule has 2 N–H and O–H groups in total. The van der Waals surface area contributed by atoms with Crippen LogP contribution in [0.3, 0.4) is 0 Å². The molecule has 1 fully saturated rings. The molecule has 1 aliphatic rings. The fourth-order valence-electron chi connectivity index (χ4n) is 2.22. The van der Waals surface area contributed by atoms with Gasteiger partial charge in [-0.15, -0.1) is 0 Å². The summed E-state index contributed by atoms with van der Waals surface area (Å²) in [5.74, 6) is 1.13. The lowest BCUT2D eigenvalue weighted by Crippen LogP contribution is -2.19. The van der Waals surface area contributed by atoms with E-state index in [0.717, 1.165) is 31.0 Å². The Balaban J connectivity index is 2.19. The van der Waals surface area contributed by atoms with Crippen LogP contribution in [0.15, 0.2) is 16.9 Å². The summed E-state index contributed by atoms with van der Waals surface area (Å²) < 4.78 is 1.73. The average Bonchev–Trinajstić information content (AvgIpc) is 2.88. The van der Waals surface area contributed by atoms with E-state index in [1.165, 1.54) is 0 Å². The molecular weight excluding hydrogens is 204 g/mol. The number of aromatic amines is 1. The van der Waals surface area contributed by atoms with Gasteiger partial charge in [0.05, 0.1) is 0 Å². The molecule has 5 nitrogen and oxygen atoms in total. The van der Waals surface area contributed by atoms with Gasteiger partial charge < -0.3 is 10.3 Å².